The maximum absolute atomic E-state index is 12.4. The molecule has 1 saturated heterocycles. The van der Waals surface area contributed by atoms with E-state index in [9.17, 15) is 13.2 Å². The van der Waals surface area contributed by atoms with Crippen LogP contribution in [0.3, 0.4) is 0 Å². The van der Waals surface area contributed by atoms with Crippen molar-refractivity contribution in [2.45, 2.75) is 51.4 Å². The molecule has 1 fully saturated rings. The molecule has 3 nitrogen and oxygen atoms in total. The summed E-state index contributed by atoms with van der Waals surface area (Å²) in [5.41, 5.74) is 0. The predicted molar refractivity (Wildman–Crippen MR) is 69.2 cm³/mol. The SMILES string of the molecule is CCCNC(CCC(F)(F)F)C1CN(CC)CCO1. The van der Waals surface area contributed by atoms with Gasteiger partial charge in [-0.1, -0.05) is 13.8 Å². The van der Waals surface area contributed by atoms with Crippen molar-refractivity contribution in [1.82, 2.24) is 10.2 Å². The molecule has 0 aromatic rings. The lowest BCUT2D eigenvalue weighted by Crippen LogP contribution is -2.52. The minimum Gasteiger partial charge on any atom is -0.374 e. The smallest absolute Gasteiger partial charge is 0.374 e. The monoisotopic (exact) mass is 282 g/mol. The Kier molecular flexibility index (Phi) is 7.10. The highest BCUT2D eigenvalue weighted by Gasteiger charge is 2.32. The first kappa shape index (κ1) is 16.7. The van der Waals surface area contributed by atoms with E-state index in [0.717, 1.165) is 32.6 Å². The molecular weight excluding hydrogens is 257 g/mol. The molecule has 1 N–H and O–H groups in total. The summed E-state index contributed by atoms with van der Waals surface area (Å²) >= 11 is 0. The Balaban J connectivity index is 2.51. The highest BCUT2D eigenvalue weighted by molar-refractivity contribution is 4.83. The van der Waals surface area contributed by atoms with Gasteiger partial charge in [0.1, 0.15) is 0 Å². The van der Waals surface area contributed by atoms with Gasteiger partial charge in [-0.3, -0.25) is 4.90 Å². The first-order chi connectivity index (χ1) is 8.96. The number of nitrogens with zero attached hydrogens (tertiary/aromatic N) is 1. The van der Waals surface area contributed by atoms with E-state index >= 15 is 0 Å². The Morgan fingerprint density at radius 3 is 2.68 bits per heavy atom. The van der Waals surface area contributed by atoms with Gasteiger partial charge in [0.05, 0.1) is 12.7 Å². The molecular formula is C13H25F3N2O. The fourth-order valence-electron chi connectivity index (χ4n) is 2.33. The van der Waals surface area contributed by atoms with Crippen LogP contribution in [-0.2, 0) is 4.74 Å². The molecule has 0 spiro atoms. The number of ether oxygens (including phenoxy) is 1. The van der Waals surface area contributed by atoms with Gasteiger partial charge in [0, 0.05) is 25.6 Å². The zero-order chi connectivity index (χ0) is 14.3. The first-order valence-corrected chi connectivity index (χ1v) is 7.10. The summed E-state index contributed by atoms with van der Waals surface area (Å²) in [6, 6.07) is -0.212. The second-order valence-electron chi connectivity index (χ2n) is 5.02. The van der Waals surface area contributed by atoms with Crippen LogP contribution >= 0.6 is 0 Å². The van der Waals surface area contributed by atoms with Crippen molar-refractivity contribution in [3.63, 3.8) is 0 Å². The zero-order valence-corrected chi connectivity index (χ0v) is 11.8. The summed E-state index contributed by atoms with van der Waals surface area (Å²) in [5, 5.41) is 3.20. The van der Waals surface area contributed by atoms with Crippen LogP contribution < -0.4 is 5.32 Å². The Morgan fingerprint density at radius 2 is 2.11 bits per heavy atom. The molecule has 0 aromatic heterocycles. The van der Waals surface area contributed by atoms with Gasteiger partial charge < -0.3 is 10.1 Å². The Morgan fingerprint density at radius 1 is 1.37 bits per heavy atom. The summed E-state index contributed by atoms with van der Waals surface area (Å²) in [4.78, 5) is 2.22. The summed E-state index contributed by atoms with van der Waals surface area (Å²) < 4.78 is 42.8. The van der Waals surface area contributed by atoms with Crippen molar-refractivity contribution in [2.24, 2.45) is 0 Å². The maximum atomic E-state index is 12.4. The summed E-state index contributed by atoms with van der Waals surface area (Å²) in [6.07, 6.45) is -3.98. The number of likely N-dealkylation sites (N-methyl/N-ethyl adjacent to an activating group) is 1. The Labute approximate surface area is 113 Å². The molecule has 2 atom stereocenters. The van der Waals surface area contributed by atoms with Crippen molar-refractivity contribution >= 4 is 0 Å². The van der Waals surface area contributed by atoms with Gasteiger partial charge in [0.2, 0.25) is 0 Å². The molecule has 6 heteroatoms. The van der Waals surface area contributed by atoms with Crippen molar-refractivity contribution in [3.05, 3.63) is 0 Å². The number of alkyl halides is 3. The second-order valence-corrected chi connectivity index (χ2v) is 5.02. The van der Waals surface area contributed by atoms with E-state index in [2.05, 4.69) is 17.1 Å². The number of halogens is 3. The third-order valence-corrected chi connectivity index (χ3v) is 3.47. The van der Waals surface area contributed by atoms with Crippen LogP contribution in [0, 0.1) is 0 Å². The quantitative estimate of drug-likeness (QED) is 0.776. The largest absolute Gasteiger partial charge is 0.389 e. The van der Waals surface area contributed by atoms with Crippen LogP contribution in [0.2, 0.25) is 0 Å². The van der Waals surface area contributed by atoms with Crippen LogP contribution in [0.15, 0.2) is 0 Å². The molecule has 114 valence electrons. The molecule has 1 heterocycles. The lowest BCUT2D eigenvalue weighted by Gasteiger charge is -2.37. The van der Waals surface area contributed by atoms with Crippen molar-refractivity contribution in [3.8, 4) is 0 Å². The molecule has 1 aliphatic heterocycles. The van der Waals surface area contributed by atoms with E-state index < -0.39 is 12.6 Å². The molecule has 19 heavy (non-hydrogen) atoms. The van der Waals surface area contributed by atoms with Gasteiger partial charge in [0.25, 0.3) is 0 Å². The Bertz CT molecular complexity index is 249. The minimum atomic E-state index is -4.09. The molecule has 0 aliphatic carbocycles. The van der Waals surface area contributed by atoms with Crippen LogP contribution in [0.5, 0.6) is 0 Å². The van der Waals surface area contributed by atoms with Crippen LogP contribution in [0.25, 0.3) is 0 Å². The third-order valence-electron chi connectivity index (χ3n) is 3.47. The van der Waals surface area contributed by atoms with Gasteiger partial charge in [-0.2, -0.15) is 13.2 Å². The molecule has 0 radical (unpaired) electrons. The summed E-state index contributed by atoms with van der Waals surface area (Å²) in [5.74, 6) is 0. The van der Waals surface area contributed by atoms with Gasteiger partial charge >= 0.3 is 6.18 Å². The van der Waals surface area contributed by atoms with Crippen molar-refractivity contribution in [2.75, 3.05) is 32.8 Å². The van der Waals surface area contributed by atoms with E-state index in [-0.39, 0.29) is 18.6 Å². The molecule has 0 bridgehead atoms. The average molecular weight is 282 g/mol. The van der Waals surface area contributed by atoms with Crippen molar-refractivity contribution < 1.29 is 17.9 Å². The number of rotatable bonds is 7. The van der Waals surface area contributed by atoms with Crippen LogP contribution in [0.4, 0.5) is 13.2 Å². The van der Waals surface area contributed by atoms with Crippen LogP contribution in [0.1, 0.15) is 33.1 Å². The highest BCUT2D eigenvalue weighted by Crippen LogP contribution is 2.24. The standard InChI is InChI=1S/C13H25F3N2O/c1-3-7-17-11(5-6-13(14,15)16)12-10-18(4-2)8-9-19-12/h11-12,17H,3-10H2,1-2H3. The van der Waals surface area contributed by atoms with Crippen molar-refractivity contribution in [1.29, 1.82) is 0 Å². The molecule has 1 aliphatic rings. The number of nitrogens with one attached hydrogen (secondary N) is 1. The van der Waals surface area contributed by atoms with E-state index in [4.69, 9.17) is 4.74 Å². The first-order valence-electron chi connectivity index (χ1n) is 7.10. The summed E-state index contributed by atoms with van der Waals surface area (Å²) in [6.45, 7) is 7.91. The van der Waals surface area contributed by atoms with Gasteiger partial charge in [-0.25, -0.2) is 0 Å². The lowest BCUT2D eigenvalue weighted by molar-refractivity contribution is -0.140. The highest BCUT2D eigenvalue weighted by atomic mass is 19.4. The minimum absolute atomic E-state index is 0.0890. The number of hydrogen-bond acceptors (Lipinski definition) is 3. The molecule has 2 unspecified atom stereocenters. The van der Waals surface area contributed by atoms with Gasteiger partial charge in [-0.05, 0) is 25.9 Å². The predicted octanol–water partition coefficient (Wildman–Crippen LogP) is 2.42. The van der Waals surface area contributed by atoms with Gasteiger partial charge in [-0.15, -0.1) is 0 Å². The average Bonchev–Trinajstić information content (AvgIpc) is 2.38. The fourth-order valence-corrected chi connectivity index (χ4v) is 2.33. The third kappa shape index (κ3) is 6.58. The van der Waals surface area contributed by atoms with Gasteiger partial charge in [0.15, 0.2) is 0 Å². The second kappa shape index (κ2) is 8.07. The zero-order valence-electron chi connectivity index (χ0n) is 11.8. The normalized spacial score (nSPS) is 23.5. The molecule has 1 rings (SSSR count). The van der Waals surface area contributed by atoms with E-state index in [1.54, 1.807) is 0 Å². The topological polar surface area (TPSA) is 24.5 Å². The van der Waals surface area contributed by atoms with Crippen LogP contribution in [-0.4, -0.2) is 56.0 Å². The Hall–Kier alpha value is -0.330. The van der Waals surface area contributed by atoms with E-state index in [1.807, 2.05) is 6.92 Å². The number of morpholine rings is 1. The van der Waals surface area contributed by atoms with E-state index in [1.165, 1.54) is 0 Å². The number of hydrogen-bond donors (Lipinski definition) is 1. The summed E-state index contributed by atoms with van der Waals surface area (Å²) in [7, 11) is 0. The van der Waals surface area contributed by atoms with E-state index in [0.29, 0.717) is 6.61 Å². The molecule has 0 aromatic carbocycles. The maximum Gasteiger partial charge on any atom is 0.389 e. The fraction of sp³-hybridized carbons (Fsp3) is 1.00. The lowest BCUT2D eigenvalue weighted by atomic mass is 10.0. The molecule has 0 amide bonds. The molecule has 0 saturated carbocycles.